The van der Waals surface area contributed by atoms with E-state index in [1.165, 1.54) is 0 Å². The van der Waals surface area contributed by atoms with Gasteiger partial charge < -0.3 is 20.9 Å². The molecule has 0 atom stereocenters. The van der Waals surface area contributed by atoms with Gasteiger partial charge >= 0.3 is 12.1 Å². The van der Waals surface area contributed by atoms with E-state index in [0.29, 0.717) is 0 Å². The van der Waals surface area contributed by atoms with Gasteiger partial charge in [-0.15, -0.1) is 0 Å². The third kappa shape index (κ3) is 9.42. The molecule has 0 aliphatic heterocycles. The Morgan fingerprint density at radius 2 is 2.00 bits per heavy atom. The molecule has 4 N–H and O–H groups in total. The number of aliphatic carboxylic acids is 1. The van der Waals surface area contributed by atoms with E-state index in [2.05, 4.69) is 5.32 Å². The van der Waals surface area contributed by atoms with E-state index in [-0.39, 0.29) is 38.0 Å². The number of nitrogens with one attached hydrogen (secondary N) is 1. The van der Waals surface area contributed by atoms with Gasteiger partial charge in [-0.2, -0.15) is 5.26 Å². The Bertz CT molecular complexity index is 531. The Balaban J connectivity index is 4.93. The highest BCUT2D eigenvalue weighted by molar-refractivity contribution is 5.97. The number of carbonyl (C=O) groups excluding carboxylic acids is 2. The van der Waals surface area contributed by atoms with Crippen LogP contribution in [0.15, 0.2) is 11.8 Å². The van der Waals surface area contributed by atoms with E-state index in [0.717, 1.165) is 11.1 Å². The molecule has 0 aliphatic carbocycles. The zero-order valence-electron chi connectivity index (χ0n) is 14.2. The first-order valence-corrected chi connectivity index (χ1v) is 7.42. The average Bonchev–Trinajstić information content (AvgIpc) is 2.45. The van der Waals surface area contributed by atoms with Crippen LogP contribution in [0.25, 0.3) is 0 Å². The lowest BCUT2D eigenvalue weighted by molar-refractivity contribution is -0.137. The lowest BCUT2D eigenvalue weighted by atomic mass is 10.2. The molecule has 0 heterocycles. The van der Waals surface area contributed by atoms with Crippen molar-refractivity contribution < 1.29 is 24.2 Å². The van der Waals surface area contributed by atoms with Gasteiger partial charge in [-0.3, -0.25) is 14.5 Å². The fourth-order valence-electron chi connectivity index (χ4n) is 1.50. The predicted octanol–water partition coefficient (Wildman–Crippen LogP) is 0.571. The predicted molar refractivity (Wildman–Crippen MR) is 85.6 cm³/mol. The number of carbonyl (C=O) groups is 3. The van der Waals surface area contributed by atoms with Crippen molar-refractivity contribution in [1.82, 2.24) is 10.2 Å². The highest BCUT2D eigenvalue weighted by atomic mass is 16.6. The van der Waals surface area contributed by atoms with Crippen LogP contribution in [0.5, 0.6) is 0 Å². The minimum atomic E-state index is -0.973. The van der Waals surface area contributed by atoms with Crippen molar-refractivity contribution in [2.24, 2.45) is 5.73 Å². The summed E-state index contributed by atoms with van der Waals surface area (Å²) in [4.78, 5) is 35.4. The molecule has 9 nitrogen and oxygen atoms in total. The van der Waals surface area contributed by atoms with Crippen LogP contribution >= 0.6 is 0 Å². The van der Waals surface area contributed by atoms with Gasteiger partial charge in [0.15, 0.2) is 0 Å². The van der Waals surface area contributed by atoms with Gasteiger partial charge in [-0.05, 0) is 27.2 Å². The normalized spacial score (nSPS) is 11.4. The molecule has 0 saturated carbocycles. The Hall–Kier alpha value is -2.60. The second-order valence-electron chi connectivity index (χ2n) is 5.87. The van der Waals surface area contributed by atoms with Crippen molar-refractivity contribution in [3.8, 4) is 6.07 Å². The molecule has 0 aromatic carbocycles. The van der Waals surface area contributed by atoms with Crippen molar-refractivity contribution in [2.75, 3.05) is 19.6 Å². The number of nitrogens with two attached hydrogens (primary N) is 1. The van der Waals surface area contributed by atoms with Crippen LogP contribution in [-0.2, 0) is 14.3 Å². The van der Waals surface area contributed by atoms with Crippen LogP contribution in [0.2, 0.25) is 0 Å². The molecule has 0 aliphatic rings. The van der Waals surface area contributed by atoms with Gasteiger partial charge in [0.05, 0.1) is 0 Å². The molecule has 9 heteroatoms. The van der Waals surface area contributed by atoms with E-state index in [4.69, 9.17) is 20.8 Å². The van der Waals surface area contributed by atoms with Gasteiger partial charge in [0, 0.05) is 32.3 Å². The first kappa shape index (κ1) is 21.4. The summed E-state index contributed by atoms with van der Waals surface area (Å²) < 4.78 is 5.18. The zero-order valence-corrected chi connectivity index (χ0v) is 14.2. The first-order valence-electron chi connectivity index (χ1n) is 7.42. The topological polar surface area (TPSA) is 146 Å². The lowest BCUT2D eigenvalue weighted by Crippen LogP contribution is -2.37. The summed E-state index contributed by atoms with van der Waals surface area (Å²) in [5.74, 6) is -1.67. The molecule has 0 spiro atoms. The number of carboxylic acids is 1. The molecule has 0 bridgehead atoms. The van der Waals surface area contributed by atoms with Gasteiger partial charge in [0.25, 0.3) is 5.91 Å². The van der Waals surface area contributed by atoms with Crippen molar-refractivity contribution in [3.63, 3.8) is 0 Å². The van der Waals surface area contributed by atoms with Gasteiger partial charge in [-0.25, -0.2) is 4.79 Å². The number of amides is 2. The maximum Gasteiger partial charge on any atom is 0.414 e. The monoisotopic (exact) mass is 340 g/mol. The van der Waals surface area contributed by atoms with Crippen LogP contribution in [0.3, 0.4) is 0 Å². The number of nitriles is 1. The third-order valence-corrected chi connectivity index (χ3v) is 2.50. The minimum Gasteiger partial charge on any atom is -0.481 e. The summed E-state index contributed by atoms with van der Waals surface area (Å²) in [7, 11) is 0. The van der Waals surface area contributed by atoms with Gasteiger partial charge in [0.2, 0.25) is 0 Å². The summed E-state index contributed by atoms with van der Waals surface area (Å²) >= 11 is 0. The lowest BCUT2D eigenvalue weighted by Gasteiger charge is -2.25. The first-order chi connectivity index (χ1) is 11.1. The van der Waals surface area contributed by atoms with Crippen molar-refractivity contribution >= 4 is 18.0 Å². The van der Waals surface area contributed by atoms with E-state index < -0.39 is 23.6 Å². The van der Waals surface area contributed by atoms with E-state index >= 15 is 0 Å². The maximum absolute atomic E-state index is 12.1. The number of rotatable bonds is 8. The molecular formula is C15H24N4O5. The number of carboxylic acid groups (broad SMARTS) is 1. The van der Waals surface area contributed by atoms with Crippen LogP contribution in [0.4, 0.5) is 4.79 Å². The fraction of sp³-hybridized carbons (Fsp3) is 0.600. The highest BCUT2D eigenvalue weighted by Gasteiger charge is 2.22. The van der Waals surface area contributed by atoms with E-state index in [1.54, 1.807) is 26.8 Å². The fourth-order valence-corrected chi connectivity index (χ4v) is 1.50. The van der Waals surface area contributed by atoms with Crippen LogP contribution in [0, 0.1) is 11.3 Å². The van der Waals surface area contributed by atoms with Crippen molar-refractivity contribution in [3.05, 3.63) is 11.8 Å². The molecule has 24 heavy (non-hydrogen) atoms. The second-order valence-corrected chi connectivity index (χ2v) is 5.87. The Morgan fingerprint density at radius 3 is 2.46 bits per heavy atom. The van der Waals surface area contributed by atoms with Gasteiger partial charge in [-0.1, -0.05) is 0 Å². The minimum absolute atomic E-state index is 0.0758. The molecule has 0 aromatic rings. The number of ether oxygens (including phenoxy) is 1. The van der Waals surface area contributed by atoms with Crippen LogP contribution < -0.4 is 11.1 Å². The Labute approximate surface area is 141 Å². The summed E-state index contributed by atoms with van der Waals surface area (Å²) in [5.41, 5.74) is 4.40. The molecule has 0 unspecified atom stereocenters. The molecule has 0 aromatic heterocycles. The molecule has 134 valence electrons. The SMILES string of the molecule is CC(C)(C)OC(=O)N(/C=C(/C#N)C(=O)NCCCC(=O)O)CCN. The average molecular weight is 340 g/mol. The number of nitrogens with zero attached hydrogens (tertiary/aromatic N) is 2. The van der Waals surface area contributed by atoms with Crippen molar-refractivity contribution in [2.45, 2.75) is 39.2 Å². The molecule has 0 saturated heterocycles. The molecule has 2 amide bonds. The third-order valence-electron chi connectivity index (χ3n) is 2.50. The maximum atomic E-state index is 12.1. The number of hydrogen-bond acceptors (Lipinski definition) is 6. The molecule has 0 radical (unpaired) electrons. The molecule has 0 fully saturated rings. The highest BCUT2D eigenvalue weighted by Crippen LogP contribution is 2.11. The van der Waals surface area contributed by atoms with E-state index in [9.17, 15) is 14.4 Å². The Morgan fingerprint density at radius 1 is 1.38 bits per heavy atom. The summed E-state index contributed by atoms with van der Waals surface area (Å²) in [6.07, 6.45) is 0.494. The van der Waals surface area contributed by atoms with Gasteiger partial charge in [0.1, 0.15) is 17.2 Å². The number of hydrogen-bond donors (Lipinski definition) is 3. The smallest absolute Gasteiger partial charge is 0.414 e. The summed E-state index contributed by atoms with van der Waals surface area (Å²) in [5, 5.41) is 20.0. The zero-order chi connectivity index (χ0) is 18.8. The van der Waals surface area contributed by atoms with Crippen molar-refractivity contribution in [1.29, 1.82) is 5.26 Å². The largest absolute Gasteiger partial charge is 0.481 e. The quantitative estimate of drug-likeness (QED) is 0.332. The Kier molecular flexibility index (Phi) is 9.12. The molecular weight excluding hydrogens is 316 g/mol. The van der Waals surface area contributed by atoms with Crippen LogP contribution in [0.1, 0.15) is 33.6 Å². The van der Waals surface area contributed by atoms with Crippen LogP contribution in [-0.4, -0.2) is 53.2 Å². The van der Waals surface area contributed by atoms with E-state index in [1.807, 2.05) is 0 Å². The summed E-state index contributed by atoms with van der Waals surface area (Å²) in [6, 6.07) is 1.70. The standard InChI is InChI=1S/C15H24N4O5/c1-15(2,3)24-14(23)19(8-6-16)10-11(9-17)13(22)18-7-4-5-12(20)21/h10H,4-8,16H2,1-3H3,(H,18,22)(H,20,21)/b11-10-. The second kappa shape index (κ2) is 10.2. The molecule has 0 rings (SSSR count). The summed E-state index contributed by atoms with van der Waals surface area (Å²) in [6.45, 7) is 5.37.